The Hall–Kier alpha value is -2.73. The zero-order valence-electron chi connectivity index (χ0n) is 18.2. The van der Waals surface area contributed by atoms with E-state index in [9.17, 15) is 9.59 Å². The molecule has 1 N–H and O–H groups in total. The average molecular weight is 445 g/mol. The Kier molecular flexibility index (Phi) is 7.80. The van der Waals surface area contributed by atoms with Crippen LogP contribution in [0.25, 0.3) is 0 Å². The first kappa shape index (κ1) is 22.9. The van der Waals surface area contributed by atoms with Crippen molar-refractivity contribution in [2.75, 3.05) is 13.2 Å². The van der Waals surface area contributed by atoms with E-state index < -0.39 is 6.04 Å². The Bertz CT molecular complexity index is 932. The zero-order chi connectivity index (χ0) is 22.4. The van der Waals surface area contributed by atoms with Crippen LogP contribution in [0, 0.1) is 0 Å². The van der Waals surface area contributed by atoms with Crippen LogP contribution in [-0.2, 0) is 22.6 Å². The molecule has 0 aromatic heterocycles. The van der Waals surface area contributed by atoms with E-state index in [0.717, 1.165) is 16.9 Å². The summed E-state index contributed by atoms with van der Waals surface area (Å²) < 4.78 is 11.2. The number of nitrogens with one attached hydrogen (secondary N) is 1. The number of hydrogen-bond donors (Lipinski definition) is 1. The molecule has 1 aliphatic heterocycles. The second-order valence-electron chi connectivity index (χ2n) is 7.97. The van der Waals surface area contributed by atoms with Crippen LogP contribution in [0.1, 0.15) is 38.3 Å². The van der Waals surface area contributed by atoms with Gasteiger partial charge in [-0.15, -0.1) is 0 Å². The number of benzene rings is 2. The van der Waals surface area contributed by atoms with Gasteiger partial charge in [0.05, 0.1) is 0 Å². The standard InChI is InChI=1S/C24H29ClN2O4/c1-16(2)26-24(29)17(3)27(15-19-5-4-6-20(25)13-19)23(28)10-8-18-7-9-21-22(14-18)31-12-11-30-21/h4-7,9,13-14,16-17H,8,10-12,15H2,1-3H3,(H,26,29)/t17-/m0/s1. The van der Waals surface area contributed by atoms with Crippen molar-refractivity contribution in [3.63, 3.8) is 0 Å². The van der Waals surface area contributed by atoms with Gasteiger partial charge in [-0.05, 0) is 62.6 Å². The van der Waals surface area contributed by atoms with Crippen LogP contribution < -0.4 is 14.8 Å². The summed E-state index contributed by atoms with van der Waals surface area (Å²) in [5, 5.41) is 3.49. The molecule has 6 nitrogen and oxygen atoms in total. The van der Waals surface area contributed by atoms with E-state index in [1.54, 1.807) is 17.9 Å². The molecule has 1 atom stereocenters. The van der Waals surface area contributed by atoms with E-state index in [1.807, 2.05) is 50.2 Å². The first-order valence-corrected chi connectivity index (χ1v) is 10.9. The summed E-state index contributed by atoms with van der Waals surface area (Å²) >= 11 is 6.11. The molecule has 166 valence electrons. The molecule has 0 saturated heterocycles. The van der Waals surface area contributed by atoms with Crippen LogP contribution in [0.5, 0.6) is 11.5 Å². The predicted octanol–water partition coefficient (Wildman–Crippen LogP) is 3.99. The number of rotatable bonds is 8. The maximum Gasteiger partial charge on any atom is 0.242 e. The summed E-state index contributed by atoms with van der Waals surface area (Å²) in [4.78, 5) is 27.4. The Morgan fingerprint density at radius 3 is 2.48 bits per heavy atom. The number of fused-ring (bicyclic) bond motifs is 1. The van der Waals surface area contributed by atoms with Gasteiger partial charge in [-0.2, -0.15) is 0 Å². The number of halogens is 1. The fourth-order valence-corrected chi connectivity index (χ4v) is 3.67. The lowest BCUT2D eigenvalue weighted by Crippen LogP contribution is -2.49. The summed E-state index contributed by atoms with van der Waals surface area (Å²) in [6.07, 6.45) is 0.819. The smallest absolute Gasteiger partial charge is 0.242 e. The van der Waals surface area contributed by atoms with Gasteiger partial charge in [-0.3, -0.25) is 9.59 Å². The van der Waals surface area contributed by atoms with E-state index in [0.29, 0.717) is 37.0 Å². The highest BCUT2D eigenvalue weighted by Gasteiger charge is 2.26. The minimum absolute atomic E-state index is 0.00390. The summed E-state index contributed by atoms with van der Waals surface area (Å²) in [6.45, 7) is 6.92. The van der Waals surface area contributed by atoms with E-state index in [-0.39, 0.29) is 24.3 Å². The molecule has 0 spiro atoms. The Morgan fingerprint density at radius 2 is 1.77 bits per heavy atom. The van der Waals surface area contributed by atoms with Crippen molar-refractivity contribution in [2.45, 2.75) is 52.2 Å². The van der Waals surface area contributed by atoms with Crippen molar-refractivity contribution in [3.05, 3.63) is 58.6 Å². The molecule has 31 heavy (non-hydrogen) atoms. The lowest BCUT2D eigenvalue weighted by Gasteiger charge is -2.29. The van der Waals surface area contributed by atoms with Crippen LogP contribution in [-0.4, -0.2) is 42.0 Å². The van der Waals surface area contributed by atoms with Crippen molar-refractivity contribution >= 4 is 23.4 Å². The minimum Gasteiger partial charge on any atom is -0.486 e. The van der Waals surface area contributed by atoms with Gasteiger partial charge in [0.25, 0.3) is 0 Å². The summed E-state index contributed by atoms with van der Waals surface area (Å²) in [5.41, 5.74) is 1.86. The van der Waals surface area contributed by atoms with Crippen LogP contribution >= 0.6 is 11.6 Å². The quantitative estimate of drug-likeness (QED) is 0.668. The third-order valence-electron chi connectivity index (χ3n) is 5.07. The molecule has 2 aromatic carbocycles. The number of nitrogens with zero attached hydrogens (tertiary/aromatic N) is 1. The Balaban J connectivity index is 1.72. The highest BCUT2D eigenvalue weighted by Crippen LogP contribution is 2.31. The first-order chi connectivity index (χ1) is 14.8. The molecule has 2 amide bonds. The van der Waals surface area contributed by atoms with Gasteiger partial charge in [-0.25, -0.2) is 0 Å². The third kappa shape index (κ3) is 6.37. The Morgan fingerprint density at radius 1 is 1.03 bits per heavy atom. The lowest BCUT2D eigenvalue weighted by atomic mass is 10.1. The van der Waals surface area contributed by atoms with Crippen LogP contribution in [0.3, 0.4) is 0 Å². The average Bonchev–Trinajstić information content (AvgIpc) is 2.74. The van der Waals surface area contributed by atoms with Gasteiger partial charge in [0.15, 0.2) is 11.5 Å². The third-order valence-corrected chi connectivity index (χ3v) is 5.31. The predicted molar refractivity (Wildman–Crippen MR) is 120 cm³/mol. The van der Waals surface area contributed by atoms with Crippen molar-refractivity contribution < 1.29 is 19.1 Å². The summed E-state index contributed by atoms with van der Waals surface area (Å²) in [7, 11) is 0. The molecule has 2 aromatic rings. The second kappa shape index (κ2) is 10.5. The maximum atomic E-state index is 13.2. The molecule has 1 aliphatic rings. The van der Waals surface area contributed by atoms with Crippen LogP contribution in [0.2, 0.25) is 5.02 Å². The van der Waals surface area contributed by atoms with Crippen molar-refractivity contribution in [2.24, 2.45) is 0 Å². The minimum atomic E-state index is -0.603. The largest absolute Gasteiger partial charge is 0.486 e. The molecule has 0 fully saturated rings. The number of ether oxygens (including phenoxy) is 2. The zero-order valence-corrected chi connectivity index (χ0v) is 18.9. The monoisotopic (exact) mass is 444 g/mol. The first-order valence-electron chi connectivity index (χ1n) is 10.6. The van der Waals surface area contributed by atoms with Crippen molar-refractivity contribution in [1.29, 1.82) is 0 Å². The molecule has 0 unspecified atom stereocenters. The van der Waals surface area contributed by atoms with E-state index >= 15 is 0 Å². The van der Waals surface area contributed by atoms with Gasteiger partial charge in [-0.1, -0.05) is 29.8 Å². The maximum absolute atomic E-state index is 13.2. The highest BCUT2D eigenvalue weighted by atomic mass is 35.5. The fraction of sp³-hybridized carbons (Fsp3) is 0.417. The van der Waals surface area contributed by atoms with E-state index in [2.05, 4.69) is 5.32 Å². The Labute approximate surface area is 188 Å². The molecule has 0 radical (unpaired) electrons. The number of carbonyl (C=O) groups is 2. The molecule has 3 rings (SSSR count). The number of aryl methyl sites for hydroxylation is 1. The molecular weight excluding hydrogens is 416 g/mol. The topological polar surface area (TPSA) is 67.9 Å². The van der Waals surface area contributed by atoms with Gasteiger partial charge in [0.2, 0.25) is 11.8 Å². The van der Waals surface area contributed by atoms with Gasteiger partial charge in [0.1, 0.15) is 19.3 Å². The van der Waals surface area contributed by atoms with Crippen LogP contribution in [0.4, 0.5) is 0 Å². The normalized spacial score (nSPS) is 13.6. The van der Waals surface area contributed by atoms with Crippen LogP contribution in [0.15, 0.2) is 42.5 Å². The van der Waals surface area contributed by atoms with Gasteiger partial charge >= 0.3 is 0 Å². The molecule has 7 heteroatoms. The second-order valence-corrected chi connectivity index (χ2v) is 8.41. The van der Waals surface area contributed by atoms with Crippen molar-refractivity contribution in [1.82, 2.24) is 10.2 Å². The highest BCUT2D eigenvalue weighted by molar-refractivity contribution is 6.30. The van der Waals surface area contributed by atoms with Gasteiger partial charge < -0.3 is 19.7 Å². The fourth-order valence-electron chi connectivity index (χ4n) is 3.46. The molecule has 1 heterocycles. The van der Waals surface area contributed by atoms with Gasteiger partial charge in [0, 0.05) is 24.0 Å². The summed E-state index contributed by atoms with van der Waals surface area (Å²) in [5.74, 6) is 1.16. The lowest BCUT2D eigenvalue weighted by molar-refractivity contribution is -0.140. The van der Waals surface area contributed by atoms with Crippen molar-refractivity contribution in [3.8, 4) is 11.5 Å². The molecular formula is C24H29ClN2O4. The molecule has 0 saturated carbocycles. The number of hydrogen-bond acceptors (Lipinski definition) is 4. The SMILES string of the molecule is CC(C)NC(=O)[C@H](C)N(Cc1cccc(Cl)c1)C(=O)CCc1ccc2c(c1)OCCO2. The molecule has 0 bridgehead atoms. The van der Waals surface area contributed by atoms with E-state index in [1.165, 1.54) is 0 Å². The number of amides is 2. The summed E-state index contributed by atoms with van der Waals surface area (Å²) in [6, 6.07) is 12.5. The van der Waals surface area contributed by atoms with E-state index in [4.69, 9.17) is 21.1 Å². The number of carbonyl (C=O) groups excluding carboxylic acids is 2. The molecule has 0 aliphatic carbocycles.